The third-order valence-electron chi connectivity index (χ3n) is 4.33. The number of aromatic nitrogens is 3. The maximum Gasteiger partial charge on any atom is 0.191 e. The van der Waals surface area contributed by atoms with Crippen LogP contribution in [-0.2, 0) is 13.0 Å². The van der Waals surface area contributed by atoms with E-state index >= 15 is 0 Å². The molecule has 2 aromatic rings. The van der Waals surface area contributed by atoms with Gasteiger partial charge in [0.2, 0.25) is 0 Å². The lowest BCUT2D eigenvalue weighted by molar-refractivity contribution is 0.187. The highest BCUT2D eigenvalue weighted by Crippen LogP contribution is 2.17. The summed E-state index contributed by atoms with van der Waals surface area (Å²) >= 11 is 5.89. The normalized spacial score (nSPS) is 17.6. The van der Waals surface area contributed by atoms with Crippen LogP contribution in [0.15, 0.2) is 29.3 Å². The zero-order chi connectivity index (χ0) is 18.5. The Bertz CT molecular complexity index is 764. The summed E-state index contributed by atoms with van der Waals surface area (Å²) in [4.78, 5) is 8.97. The Morgan fingerprint density at radius 2 is 2.15 bits per heavy atom. The zero-order valence-corrected chi connectivity index (χ0v) is 18.6. The quantitative estimate of drug-likeness (QED) is 0.331. The van der Waals surface area contributed by atoms with Gasteiger partial charge in [0.1, 0.15) is 11.6 Å². The summed E-state index contributed by atoms with van der Waals surface area (Å²) in [5.74, 6) is 2.55. The monoisotopic (exact) mass is 504 g/mol. The second kappa shape index (κ2) is 10.2. The molecule has 2 heterocycles. The van der Waals surface area contributed by atoms with Gasteiger partial charge in [0.05, 0.1) is 19.2 Å². The number of hydrogen-bond acceptors (Lipinski definition) is 4. The molecule has 7 nitrogen and oxygen atoms in total. The maximum absolute atomic E-state index is 10.3. The molecular weight excluding hydrogens is 479 g/mol. The van der Waals surface area contributed by atoms with Gasteiger partial charge in [-0.25, -0.2) is 9.67 Å². The van der Waals surface area contributed by atoms with E-state index in [0.29, 0.717) is 11.0 Å². The van der Waals surface area contributed by atoms with Crippen molar-refractivity contribution in [2.75, 3.05) is 13.1 Å². The fourth-order valence-electron chi connectivity index (χ4n) is 3.03. The summed E-state index contributed by atoms with van der Waals surface area (Å²) in [5, 5.41) is 22.1. The van der Waals surface area contributed by atoms with E-state index in [-0.39, 0.29) is 36.6 Å². The van der Waals surface area contributed by atoms with Crippen LogP contribution in [-0.4, -0.2) is 45.0 Å². The van der Waals surface area contributed by atoms with Gasteiger partial charge in [-0.15, -0.1) is 24.0 Å². The van der Waals surface area contributed by atoms with Crippen LogP contribution >= 0.6 is 35.6 Å². The summed E-state index contributed by atoms with van der Waals surface area (Å²) in [7, 11) is 0. The predicted molar refractivity (Wildman–Crippen MR) is 118 cm³/mol. The van der Waals surface area contributed by atoms with E-state index in [4.69, 9.17) is 11.6 Å². The molecule has 0 saturated carbocycles. The molecule has 27 heavy (non-hydrogen) atoms. The van der Waals surface area contributed by atoms with Gasteiger partial charge < -0.3 is 15.7 Å². The Morgan fingerprint density at radius 1 is 1.41 bits per heavy atom. The Kier molecular flexibility index (Phi) is 8.30. The first-order valence-electron chi connectivity index (χ1n) is 8.94. The van der Waals surface area contributed by atoms with Crippen molar-refractivity contribution in [2.45, 2.75) is 45.4 Å². The molecule has 148 valence electrons. The number of fused-ring (bicyclic) bond motifs is 1. The zero-order valence-electron chi connectivity index (χ0n) is 15.5. The molecule has 3 rings (SSSR count). The van der Waals surface area contributed by atoms with E-state index in [1.165, 1.54) is 0 Å². The van der Waals surface area contributed by atoms with Crippen LogP contribution in [0.5, 0.6) is 0 Å². The van der Waals surface area contributed by atoms with Gasteiger partial charge in [0, 0.05) is 24.0 Å². The minimum atomic E-state index is -0.668. The van der Waals surface area contributed by atoms with Crippen molar-refractivity contribution in [1.29, 1.82) is 0 Å². The topological polar surface area (TPSA) is 87.4 Å². The smallest absolute Gasteiger partial charge is 0.191 e. The molecule has 0 aliphatic carbocycles. The van der Waals surface area contributed by atoms with Gasteiger partial charge in [-0.3, -0.25) is 4.99 Å². The highest BCUT2D eigenvalue weighted by atomic mass is 127. The van der Waals surface area contributed by atoms with Crippen molar-refractivity contribution in [1.82, 2.24) is 25.4 Å². The van der Waals surface area contributed by atoms with Gasteiger partial charge in [-0.05, 0) is 38.0 Å². The standard InChI is InChI=1S/C18H25ClN6O.HI/c1-3-20-18(21-10-16(26)13-4-6-14(19)7-5-13)23-15-8-9-17-22-12(2)24-25(17)11-15;/h4-7,15-16,26H,3,8-11H2,1-2H3,(H2,20,21,23);1H. The van der Waals surface area contributed by atoms with Crippen LogP contribution in [0.4, 0.5) is 0 Å². The molecule has 0 bridgehead atoms. The van der Waals surface area contributed by atoms with Crippen molar-refractivity contribution in [2.24, 2.45) is 4.99 Å². The van der Waals surface area contributed by atoms with Crippen molar-refractivity contribution < 1.29 is 5.11 Å². The molecule has 9 heteroatoms. The number of guanidine groups is 1. The van der Waals surface area contributed by atoms with Crippen LogP contribution in [0.2, 0.25) is 5.02 Å². The first-order chi connectivity index (χ1) is 12.5. The van der Waals surface area contributed by atoms with E-state index in [1.807, 2.05) is 30.7 Å². The molecule has 0 saturated heterocycles. The number of nitrogens with zero attached hydrogens (tertiary/aromatic N) is 4. The third-order valence-corrected chi connectivity index (χ3v) is 4.58. The Hall–Kier alpha value is -1.39. The Morgan fingerprint density at radius 3 is 2.85 bits per heavy atom. The average Bonchev–Trinajstić information content (AvgIpc) is 2.99. The lowest BCUT2D eigenvalue weighted by Gasteiger charge is -2.25. The number of nitrogens with one attached hydrogen (secondary N) is 2. The molecular formula is C18H26ClIN6O. The second-order valence-corrected chi connectivity index (χ2v) is 6.86. The highest BCUT2D eigenvalue weighted by molar-refractivity contribution is 14.0. The number of rotatable bonds is 5. The van der Waals surface area contributed by atoms with Gasteiger partial charge in [0.25, 0.3) is 0 Å². The van der Waals surface area contributed by atoms with E-state index in [9.17, 15) is 5.11 Å². The number of halogens is 2. The molecule has 0 spiro atoms. The van der Waals surface area contributed by atoms with E-state index in [0.717, 1.165) is 43.1 Å². The first-order valence-corrected chi connectivity index (χ1v) is 9.31. The molecule has 0 amide bonds. The van der Waals surface area contributed by atoms with E-state index < -0.39 is 6.10 Å². The minimum Gasteiger partial charge on any atom is -0.386 e. The van der Waals surface area contributed by atoms with Gasteiger partial charge in [0.15, 0.2) is 5.96 Å². The predicted octanol–water partition coefficient (Wildman–Crippen LogP) is 2.46. The molecule has 2 unspecified atom stereocenters. The van der Waals surface area contributed by atoms with Crippen LogP contribution in [0.3, 0.4) is 0 Å². The Labute approximate surface area is 181 Å². The number of hydrogen-bond donors (Lipinski definition) is 3. The lowest BCUT2D eigenvalue weighted by atomic mass is 10.1. The summed E-state index contributed by atoms with van der Waals surface area (Å²) in [6.45, 7) is 5.73. The number of aliphatic hydroxyl groups is 1. The highest BCUT2D eigenvalue weighted by Gasteiger charge is 2.21. The first kappa shape index (κ1) is 21.9. The van der Waals surface area contributed by atoms with Crippen LogP contribution in [0.25, 0.3) is 0 Å². The Balaban J connectivity index is 0.00000261. The summed E-state index contributed by atoms with van der Waals surface area (Å²) in [6, 6.07) is 7.41. The van der Waals surface area contributed by atoms with Crippen molar-refractivity contribution in [3.8, 4) is 0 Å². The molecule has 2 atom stereocenters. The van der Waals surface area contributed by atoms with E-state index in [2.05, 4.69) is 25.7 Å². The molecule has 1 aliphatic rings. The molecule has 1 aromatic carbocycles. The van der Waals surface area contributed by atoms with Crippen molar-refractivity contribution >= 4 is 41.5 Å². The maximum atomic E-state index is 10.3. The average molecular weight is 505 g/mol. The molecule has 3 N–H and O–H groups in total. The number of aliphatic hydroxyl groups excluding tert-OH is 1. The fourth-order valence-corrected chi connectivity index (χ4v) is 3.16. The molecule has 1 aliphatic heterocycles. The van der Waals surface area contributed by atoms with Crippen LogP contribution in [0.1, 0.15) is 36.7 Å². The summed E-state index contributed by atoms with van der Waals surface area (Å²) in [5.41, 5.74) is 0.800. The molecule has 1 aromatic heterocycles. The van der Waals surface area contributed by atoms with Crippen LogP contribution < -0.4 is 10.6 Å². The number of aryl methyl sites for hydroxylation is 2. The second-order valence-electron chi connectivity index (χ2n) is 6.42. The van der Waals surface area contributed by atoms with Crippen LogP contribution in [0, 0.1) is 6.92 Å². The van der Waals surface area contributed by atoms with Crippen molar-refractivity contribution in [3.63, 3.8) is 0 Å². The number of aliphatic imine (C=N–C) groups is 1. The van der Waals surface area contributed by atoms with Gasteiger partial charge in [-0.1, -0.05) is 23.7 Å². The molecule has 0 radical (unpaired) electrons. The fraction of sp³-hybridized carbons (Fsp3) is 0.500. The summed E-state index contributed by atoms with van der Waals surface area (Å²) < 4.78 is 1.96. The SMILES string of the molecule is CCNC(=NCC(O)c1ccc(Cl)cc1)NC1CCc2nc(C)nn2C1.I. The third kappa shape index (κ3) is 6.05. The van der Waals surface area contributed by atoms with Gasteiger partial charge >= 0.3 is 0 Å². The number of benzene rings is 1. The van der Waals surface area contributed by atoms with E-state index in [1.54, 1.807) is 12.1 Å². The summed E-state index contributed by atoms with van der Waals surface area (Å²) in [6.07, 6.45) is 1.20. The van der Waals surface area contributed by atoms with Crippen molar-refractivity contribution in [3.05, 3.63) is 46.5 Å². The van der Waals surface area contributed by atoms with Gasteiger partial charge in [-0.2, -0.15) is 5.10 Å². The minimum absolute atomic E-state index is 0. The lowest BCUT2D eigenvalue weighted by Crippen LogP contribution is -2.47. The largest absolute Gasteiger partial charge is 0.386 e. The molecule has 0 fully saturated rings.